The molecule has 5 rings (SSSR count). The van der Waals surface area contributed by atoms with Crippen LogP contribution >= 0.6 is 0 Å². The summed E-state index contributed by atoms with van der Waals surface area (Å²) in [6, 6.07) is 9.44. The van der Waals surface area contributed by atoms with E-state index < -0.39 is 0 Å². The Hall–Kier alpha value is -3.28. The van der Waals surface area contributed by atoms with Crippen molar-refractivity contribution >= 4 is 33.2 Å². The SMILES string of the molecule is CCCCOc1ccc2c3c(c4cc(OC)c(OC)cc4c2c1)CN1C(=O)CC[C@H]1C3=O. The molecule has 0 unspecified atom stereocenters. The van der Waals surface area contributed by atoms with Crippen molar-refractivity contribution in [3.8, 4) is 17.2 Å². The molecule has 0 aliphatic carbocycles. The molecule has 0 spiro atoms. The molecule has 0 bridgehead atoms. The fourth-order valence-electron chi connectivity index (χ4n) is 5.02. The van der Waals surface area contributed by atoms with Gasteiger partial charge in [0.05, 0.1) is 26.9 Å². The van der Waals surface area contributed by atoms with Crippen LogP contribution in [0.4, 0.5) is 0 Å². The lowest BCUT2D eigenvalue weighted by atomic mass is 9.84. The highest BCUT2D eigenvalue weighted by molar-refractivity contribution is 6.22. The maximum Gasteiger partial charge on any atom is 0.223 e. The van der Waals surface area contributed by atoms with E-state index in [9.17, 15) is 9.59 Å². The molecule has 2 aliphatic heterocycles. The van der Waals surface area contributed by atoms with E-state index in [2.05, 4.69) is 6.92 Å². The number of hydrogen-bond donors (Lipinski definition) is 0. The third-order valence-corrected chi connectivity index (χ3v) is 6.67. The summed E-state index contributed by atoms with van der Waals surface area (Å²) in [6.07, 6.45) is 3.05. The molecule has 1 amide bonds. The number of hydrogen-bond acceptors (Lipinski definition) is 5. The molecule has 3 aromatic rings. The Balaban J connectivity index is 1.80. The van der Waals surface area contributed by atoms with Crippen LogP contribution in [0.15, 0.2) is 30.3 Å². The Bertz CT molecular complexity index is 1250. The molecular formula is C26H27NO5. The van der Waals surface area contributed by atoms with Gasteiger partial charge in [0.2, 0.25) is 5.91 Å². The van der Waals surface area contributed by atoms with Crippen LogP contribution in [0, 0.1) is 0 Å². The summed E-state index contributed by atoms with van der Waals surface area (Å²) in [7, 11) is 3.21. The van der Waals surface area contributed by atoms with Gasteiger partial charge in [-0.2, -0.15) is 0 Å². The highest BCUT2D eigenvalue weighted by Gasteiger charge is 2.42. The lowest BCUT2D eigenvalue weighted by molar-refractivity contribution is -0.129. The Morgan fingerprint density at radius 3 is 2.41 bits per heavy atom. The largest absolute Gasteiger partial charge is 0.494 e. The van der Waals surface area contributed by atoms with Crippen molar-refractivity contribution in [3.05, 3.63) is 41.5 Å². The number of benzene rings is 3. The molecule has 6 nitrogen and oxygen atoms in total. The van der Waals surface area contributed by atoms with Crippen molar-refractivity contribution in [2.45, 2.75) is 45.2 Å². The summed E-state index contributed by atoms with van der Waals surface area (Å²) >= 11 is 0. The Morgan fingerprint density at radius 2 is 1.69 bits per heavy atom. The minimum Gasteiger partial charge on any atom is -0.494 e. The number of nitrogens with zero attached hydrogens (tertiary/aromatic N) is 1. The van der Waals surface area contributed by atoms with Crippen molar-refractivity contribution in [3.63, 3.8) is 0 Å². The molecular weight excluding hydrogens is 406 g/mol. The number of ketones is 1. The fraction of sp³-hybridized carbons (Fsp3) is 0.385. The first-order chi connectivity index (χ1) is 15.6. The smallest absolute Gasteiger partial charge is 0.223 e. The van der Waals surface area contributed by atoms with Gasteiger partial charge in [-0.3, -0.25) is 9.59 Å². The summed E-state index contributed by atoms with van der Waals surface area (Å²) < 4.78 is 17.1. The van der Waals surface area contributed by atoms with E-state index in [1.807, 2.05) is 30.3 Å². The van der Waals surface area contributed by atoms with E-state index in [1.165, 1.54) is 0 Å². The first-order valence-electron chi connectivity index (χ1n) is 11.2. The molecule has 6 heteroatoms. The summed E-state index contributed by atoms with van der Waals surface area (Å²) in [5, 5.41) is 3.70. The topological polar surface area (TPSA) is 65.1 Å². The zero-order valence-electron chi connectivity index (χ0n) is 18.7. The highest BCUT2D eigenvalue weighted by Crippen LogP contribution is 2.44. The van der Waals surface area contributed by atoms with E-state index in [-0.39, 0.29) is 17.7 Å². The van der Waals surface area contributed by atoms with E-state index >= 15 is 0 Å². The maximum absolute atomic E-state index is 13.6. The number of methoxy groups -OCH3 is 2. The molecule has 0 N–H and O–H groups in total. The summed E-state index contributed by atoms with van der Waals surface area (Å²) in [6.45, 7) is 3.22. The molecule has 0 saturated carbocycles. The van der Waals surface area contributed by atoms with Crippen LogP contribution in [-0.2, 0) is 11.3 Å². The predicted molar refractivity (Wildman–Crippen MR) is 123 cm³/mol. The van der Waals surface area contributed by atoms with Gasteiger partial charge in [-0.05, 0) is 70.3 Å². The van der Waals surface area contributed by atoms with Crippen LogP contribution in [0.25, 0.3) is 21.5 Å². The maximum atomic E-state index is 13.6. The standard InChI is InChI=1S/C26H27NO5/c1-4-5-10-32-15-6-7-16-17(11-15)18-12-22(30-2)23(31-3)13-19(18)20-14-27-21(8-9-24(27)28)26(29)25(16)20/h6-7,11-13,21H,4-5,8-10,14H2,1-3H3/t21-/m0/s1. The van der Waals surface area contributed by atoms with Crippen molar-refractivity contribution in [1.82, 2.24) is 4.90 Å². The molecule has 3 aromatic carbocycles. The van der Waals surface area contributed by atoms with Gasteiger partial charge in [-0.1, -0.05) is 13.3 Å². The third-order valence-electron chi connectivity index (χ3n) is 6.67. The van der Waals surface area contributed by atoms with Gasteiger partial charge in [-0.25, -0.2) is 0 Å². The zero-order valence-corrected chi connectivity index (χ0v) is 18.7. The minimum absolute atomic E-state index is 0.0263. The van der Waals surface area contributed by atoms with Crippen molar-refractivity contribution in [2.75, 3.05) is 20.8 Å². The number of amides is 1. The van der Waals surface area contributed by atoms with Crippen LogP contribution in [0.1, 0.15) is 48.5 Å². The van der Waals surface area contributed by atoms with Crippen LogP contribution in [-0.4, -0.2) is 43.5 Å². The van der Waals surface area contributed by atoms with Crippen molar-refractivity contribution in [2.24, 2.45) is 0 Å². The second-order valence-electron chi connectivity index (χ2n) is 8.46. The monoisotopic (exact) mass is 433 g/mol. The molecule has 2 heterocycles. The quantitative estimate of drug-likeness (QED) is 0.410. The Morgan fingerprint density at radius 1 is 0.969 bits per heavy atom. The average molecular weight is 434 g/mol. The number of carbonyl (C=O) groups is 2. The summed E-state index contributed by atoms with van der Waals surface area (Å²) in [4.78, 5) is 27.8. The molecule has 1 saturated heterocycles. The molecule has 0 radical (unpaired) electrons. The lowest BCUT2D eigenvalue weighted by Crippen LogP contribution is -2.42. The zero-order chi connectivity index (χ0) is 22.4. The predicted octanol–water partition coefficient (Wildman–Crippen LogP) is 4.88. The fourth-order valence-corrected chi connectivity index (χ4v) is 5.02. The molecule has 1 atom stereocenters. The van der Waals surface area contributed by atoms with E-state index in [0.717, 1.165) is 51.3 Å². The molecule has 1 fully saturated rings. The number of ether oxygens (including phenoxy) is 3. The second kappa shape index (κ2) is 8.01. The Kier molecular flexibility index (Phi) is 5.16. The number of unbranched alkanes of at least 4 members (excludes halogenated alkanes) is 1. The van der Waals surface area contributed by atoms with Gasteiger partial charge in [0.15, 0.2) is 17.3 Å². The van der Waals surface area contributed by atoms with E-state index in [1.54, 1.807) is 19.1 Å². The first kappa shape index (κ1) is 20.6. The van der Waals surface area contributed by atoms with E-state index in [0.29, 0.717) is 37.5 Å². The second-order valence-corrected chi connectivity index (χ2v) is 8.46. The number of Topliss-reactive ketones (excluding diaryl/α,β-unsaturated/α-hetero) is 1. The first-order valence-corrected chi connectivity index (χ1v) is 11.2. The average Bonchev–Trinajstić information content (AvgIpc) is 3.19. The molecule has 2 aliphatic rings. The van der Waals surface area contributed by atoms with E-state index in [4.69, 9.17) is 14.2 Å². The summed E-state index contributed by atoms with van der Waals surface area (Å²) in [5.74, 6) is 2.07. The molecule has 32 heavy (non-hydrogen) atoms. The van der Waals surface area contributed by atoms with Crippen LogP contribution < -0.4 is 14.2 Å². The molecule has 166 valence electrons. The lowest BCUT2D eigenvalue weighted by Gasteiger charge is -2.32. The molecule has 0 aromatic heterocycles. The van der Waals surface area contributed by atoms with Gasteiger partial charge < -0.3 is 19.1 Å². The number of fused-ring (bicyclic) bond motifs is 7. The van der Waals surface area contributed by atoms with Crippen molar-refractivity contribution in [1.29, 1.82) is 0 Å². The van der Waals surface area contributed by atoms with Gasteiger partial charge in [0.1, 0.15) is 5.75 Å². The van der Waals surface area contributed by atoms with Gasteiger partial charge >= 0.3 is 0 Å². The summed E-state index contributed by atoms with van der Waals surface area (Å²) in [5.41, 5.74) is 1.60. The van der Waals surface area contributed by atoms with Gasteiger partial charge in [0, 0.05) is 18.5 Å². The van der Waals surface area contributed by atoms with Crippen LogP contribution in [0.5, 0.6) is 17.2 Å². The number of rotatable bonds is 6. The van der Waals surface area contributed by atoms with Crippen LogP contribution in [0.2, 0.25) is 0 Å². The van der Waals surface area contributed by atoms with Crippen LogP contribution in [0.3, 0.4) is 0 Å². The Labute approximate surface area is 187 Å². The van der Waals surface area contributed by atoms with Gasteiger partial charge in [-0.15, -0.1) is 0 Å². The third kappa shape index (κ3) is 3.08. The van der Waals surface area contributed by atoms with Gasteiger partial charge in [0.25, 0.3) is 0 Å². The number of carbonyl (C=O) groups excluding carboxylic acids is 2. The minimum atomic E-state index is -0.365. The normalized spacial score (nSPS) is 17.6. The highest BCUT2D eigenvalue weighted by atomic mass is 16.5. The van der Waals surface area contributed by atoms with Crippen molar-refractivity contribution < 1.29 is 23.8 Å².